The summed E-state index contributed by atoms with van der Waals surface area (Å²) in [6.07, 6.45) is -12.4. The van der Waals surface area contributed by atoms with Crippen molar-refractivity contribution in [2.75, 3.05) is 26.9 Å². The Bertz CT molecular complexity index is 1610. The lowest BCUT2D eigenvalue weighted by Gasteiger charge is -2.66. The fourth-order valence-electron chi connectivity index (χ4n) is 12.8. The summed E-state index contributed by atoms with van der Waals surface area (Å²) in [6.45, 7) is 5.22. The van der Waals surface area contributed by atoms with Crippen LogP contribution in [-0.2, 0) is 47.5 Å². The monoisotopic (exact) mass is 856 g/mol. The molecule has 3 saturated heterocycles. The van der Waals surface area contributed by atoms with Gasteiger partial charge in [0.05, 0.1) is 25.4 Å². The molecule has 18 heteroatoms. The first-order chi connectivity index (χ1) is 28.5. The number of Topliss-reactive ketones (excluding diaryl/α,β-unsaturated/α-hetero) is 1. The van der Waals surface area contributed by atoms with E-state index in [1.807, 2.05) is 0 Å². The van der Waals surface area contributed by atoms with Crippen molar-refractivity contribution in [3.8, 4) is 0 Å². The molecule has 7 fully saturated rings. The second-order valence-electron chi connectivity index (χ2n) is 19.2. The molecule has 0 radical (unpaired) electrons. The van der Waals surface area contributed by atoms with Gasteiger partial charge in [0.2, 0.25) is 0 Å². The number of carbonyl (C=O) groups is 2. The van der Waals surface area contributed by atoms with Crippen molar-refractivity contribution in [1.29, 1.82) is 0 Å². The molecule has 0 aromatic rings. The minimum absolute atomic E-state index is 0.0346. The molecule has 18 nitrogen and oxygen atoms in total. The van der Waals surface area contributed by atoms with E-state index in [0.717, 1.165) is 56.9 Å². The summed E-state index contributed by atoms with van der Waals surface area (Å²) in [5.41, 5.74) is 0.0321. The molecule has 4 heterocycles. The summed E-state index contributed by atoms with van der Waals surface area (Å²) in [4.78, 5) is 26.6. The minimum atomic E-state index is -1.77. The number of hydrogen-bond acceptors (Lipinski definition) is 18. The molecule has 4 aliphatic heterocycles. The summed E-state index contributed by atoms with van der Waals surface area (Å²) in [7, 11) is 1.39. The van der Waals surface area contributed by atoms with Gasteiger partial charge in [-0.3, -0.25) is 4.79 Å². The number of ether oxygens (including phenoxy) is 8. The smallest absolute Gasteiger partial charge is 0.331 e. The average molecular weight is 857 g/mol. The second kappa shape index (κ2) is 17.0. The van der Waals surface area contributed by atoms with Crippen LogP contribution in [0.3, 0.4) is 0 Å². The number of aliphatic hydroxyl groups is 8. The normalized spacial score (nSPS) is 53.2. The SMILES string of the molecule is COC1C(O)C(O[C@H]2CC[C@@]3(C)C(CCC45CC[C@H](C6=CC(=O)OC6)[C@@](C)(CCC43)C5=O)C2)OC(C)C1OC1OC(COC2OC(CO)C(O)C(O)C2O)C(O)C(O)C1O. The Morgan fingerprint density at radius 1 is 0.733 bits per heavy atom. The van der Waals surface area contributed by atoms with Gasteiger partial charge in [0.25, 0.3) is 0 Å². The number of esters is 1. The highest BCUT2D eigenvalue weighted by molar-refractivity contribution is 5.93. The van der Waals surface area contributed by atoms with Crippen LogP contribution < -0.4 is 0 Å². The van der Waals surface area contributed by atoms with Crippen LogP contribution in [0, 0.1) is 34.0 Å². The third kappa shape index (κ3) is 7.42. The third-order valence-electron chi connectivity index (χ3n) is 16.2. The van der Waals surface area contributed by atoms with Gasteiger partial charge >= 0.3 is 5.97 Å². The molecule has 4 aliphatic carbocycles. The van der Waals surface area contributed by atoms with E-state index in [1.165, 1.54) is 7.11 Å². The van der Waals surface area contributed by atoms with Crippen molar-refractivity contribution in [2.45, 2.75) is 177 Å². The molecule has 0 aromatic heterocycles. The maximum atomic E-state index is 14.6. The van der Waals surface area contributed by atoms with E-state index in [1.54, 1.807) is 13.0 Å². The van der Waals surface area contributed by atoms with E-state index in [9.17, 15) is 50.4 Å². The van der Waals surface area contributed by atoms with E-state index in [2.05, 4.69) is 13.8 Å². The van der Waals surface area contributed by atoms with Crippen LogP contribution >= 0.6 is 0 Å². The molecule has 60 heavy (non-hydrogen) atoms. The topological polar surface area (TPSA) is 270 Å². The molecule has 0 aromatic carbocycles. The lowest BCUT2D eigenvalue weighted by atomic mass is 9.37. The molecule has 8 N–H and O–H groups in total. The van der Waals surface area contributed by atoms with Crippen LogP contribution in [0.25, 0.3) is 0 Å². The first kappa shape index (κ1) is 44.9. The van der Waals surface area contributed by atoms with Gasteiger partial charge in [0.15, 0.2) is 18.9 Å². The zero-order valence-electron chi connectivity index (χ0n) is 34.7. The molecule has 4 saturated carbocycles. The number of cyclic esters (lactones) is 1. The van der Waals surface area contributed by atoms with E-state index in [4.69, 9.17) is 37.9 Å². The summed E-state index contributed by atoms with van der Waals surface area (Å²) in [6, 6.07) is 0. The van der Waals surface area contributed by atoms with Crippen LogP contribution in [0.4, 0.5) is 0 Å². The van der Waals surface area contributed by atoms with Crippen molar-refractivity contribution in [2.24, 2.45) is 34.0 Å². The van der Waals surface area contributed by atoms with Crippen molar-refractivity contribution in [1.82, 2.24) is 0 Å². The first-order valence-corrected chi connectivity index (χ1v) is 21.7. The molecule has 8 rings (SSSR count). The maximum absolute atomic E-state index is 14.6. The van der Waals surface area contributed by atoms with Crippen LogP contribution in [0.2, 0.25) is 0 Å². The Morgan fingerprint density at radius 3 is 2.08 bits per heavy atom. The Kier molecular flexibility index (Phi) is 12.7. The van der Waals surface area contributed by atoms with Gasteiger partial charge in [-0.05, 0) is 93.5 Å². The van der Waals surface area contributed by atoms with Crippen LogP contribution in [0.15, 0.2) is 11.6 Å². The van der Waals surface area contributed by atoms with Crippen LogP contribution in [0.1, 0.15) is 78.6 Å². The lowest BCUT2D eigenvalue weighted by Crippen LogP contribution is -2.65. The summed E-state index contributed by atoms with van der Waals surface area (Å²) >= 11 is 0. The molecule has 22 atom stereocenters. The van der Waals surface area contributed by atoms with Gasteiger partial charge < -0.3 is 78.7 Å². The van der Waals surface area contributed by atoms with Gasteiger partial charge in [-0.1, -0.05) is 13.8 Å². The zero-order valence-corrected chi connectivity index (χ0v) is 34.7. The minimum Gasteiger partial charge on any atom is -0.458 e. The summed E-state index contributed by atoms with van der Waals surface area (Å²) in [5, 5.41) is 84.0. The molecular weight excluding hydrogens is 792 g/mol. The van der Waals surface area contributed by atoms with Gasteiger partial charge in [0, 0.05) is 24.0 Å². The highest BCUT2D eigenvalue weighted by Gasteiger charge is 2.68. The van der Waals surface area contributed by atoms with E-state index in [-0.39, 0.29) is 41.3 Å². The summed E-state index contributed by atoms with van der Waals surface area (Å²) in [5.74, 6) is 0.644. The predicted octanol–water partition coefficient (Wildman–Crippen LogP) is -1.03. The highest BCUT2D eigenvalue weighted by atomic mass is 16.8. The average Bonchev–Trinajstić information content (AvgIpc) is 3.65. The van der Waals surface area contributed by atoms with Crippen molar-refractivity contribution >= 4 is 11.8 Å². The fourth-order valence-corrected chi connectivity index (χ4v) is 12.8. The molecular formula is C42H64O18. The van der Waals surface area contributed by atoms with Gasteiger partial charge in [0.1, 0.15) is 79.5 Å². The molecule has 8 aliphatic rings. The van der Waals surface area contributed by atoms with Crippen LogP contribution in [-0.4, -0.2) is 178 Å². The van der Waals surface area contributed by atoms with E-state index >= 15 is 0 Å². The zero-order chi connectivity index (χ0) is 43.1. The van der Waals surface area contributed by atoms with Gasteiger partial charge in [-0.15, -0.1) is 0 Å². The van der Waals surface area contributed by atoms with E-state index < -0.39 is 111 Å². The molecule has 2 bridgehead atoms. The highest BCUT2D eigenvalue weighted by Crippen LogP contribution is 2.70. The lowest BCUT2D eigenvalue weighted by molar-refractivity contribution is -0.367. The number of ketones is 1. The quantitative estimate of drug-likeness (QED) is 0.0964. The largest absolute Gasteiger partial charge is 0.458 e. The van der Waals surface area contributed by atoms with Crippen molar-refractivity contribution in [3.63, 3.8) is 0 Å². The fraction of sp³-hybridized carbons (Fsp3) is 0.905. The number of methoxy groups -OCH3 is 1. The Hall–Kier alpha value is -1.72. The van der Waals surface area contributed by atoms with Gasteiger partial charge in [-0.25, -0.2) is 4.79 Å². The molecule has 340 valence electrons. The predicted molar refractivity (Wildman–Crippen MR) is 202 cm³/mol. The molecule has 0 amide bonds. The number of carbonyl (C=O) groups excluding carboxylic acids is 2. The van der Waals surface area contributed by atoms with Gasteiger partial charge in [-0.2, -0.15) is 0 Å². The standard InChI is InChI=1S/C42H64O18/c1-18-34(60-37-32(50)30(48)28(46)24(59-37)17-55-36-31(49)29(47)27(45)23(15-43)58-36)35(53-4)33(51)38(56-18)57-21-6-9-40(2)20(14-21)5-11-42-12-7-22(19-13-26(44)54-16-19)41(3,39(42)52)10-8-25(40)42/h13,18,20-25,27-38,43,45-51H,5-12,14-17H2,1-4H3/t18?,20?,21-,22+,23?,24?,25?,27?,28?,29?,30?,31?,32?,33?,34?,35?,36?,37?,38?,40-,41+,42?/m0/s1. The van der Waals surface area contributed by atoms with Crippen LogP contribution in [0.5, 0.6) is 0 Å². The first-order valence-electron chi connectivity index (χ1n) is 21.7. The Morgan fingerprint density at radius 2 is 1.40 bits per heavy atom. The second-order valence-corrected chi connectivity index (χ2v) is 19.2. The summed E-state index contributed by atoms with van der Waals surface area (Å²) < 4.78 is 46.6. The number of hydrogen-bond donors (Lipinski definition) is 8. The molecule has 18 unspecified atom stereocenters. The molecule has 1 spiro atoms. The maximum Gasteiger partial charge on any atom is 0.331 e. The third-order valence-corrected chi connectivity index (χ3v) is 16.2. The number of rotatable bonds is 10. The van der Waals surface area contributed by atoms with Crippen molar-refractivity contribution in [3.05, 3.63) is 11.6 Å². The Labute approximate surface area is 349 Å². The Balaban J connectivity index is 0.880. The number of fused-ring (bicyclic) bond motifs is 3. The van der Waals surface area contributed by atoms with E-state index in [0.29, 0.717) is 18.1 Å². The van der Waals surface area contributed by atoms with Crippen molar-refractivity contribution < 1.29 is 88.3 Å². The number of aliphatic hydroxyl groups excluding tert-OH is 8.